The van der Waals surface area contributed by atoms with Crippen molar-refractivity contribution in [3.8, 4) is 17.1 Å². The summed E-state index contributed by atoms with van der Waals surface area (Å²) in [5, 5.41) is 3.68. The van der Waals surface area contributed by atoms with E-state index in [2.05, 4.69) is 20.3 Å². The first-order valence-corrected chi connectivity index (χ1v) is 8.38. The van der Waals surface area contributed by atoms with Gasteiger partial charge in [-0.1, -0.05) is 30.3 Å². The lowest BCUT2D eigenvalue weighted by Gasteiger charge is -2.10. The maximum atomic E-state index is 12.7. The molecule has 1 aromatic carbocycles. The van der Waals surface area contributed by atoms with Gasteiger partial charge in [0.1, 0.15) is 11.4 Å². The zero-order valence-electron chi connectivity index (χ0n) is 14.6. The van der Waals surface area contributed by atoms with Gasteiger partial charge in [0.25, 0.3) is 5.91 Å². The Balaban J connectivity index is 1.62. The largest absolute Gasteiger partial charge is 0.480 e. The van der Waals surface area contributed by atoms with Crippen molar-refractivity contribution in [3.63, 3.8) is 0 Å². The maximum absolute atomic E-state index is 12.7. The predicted molar refractivity (Wildman–Crippen MR) is 104 cm³/mol. The number of nitrogens with zero attached hydrogens (tertiary/aromatic N) is 3. The monoisotopic (exact) mass is 356 g/mol. The number of anilines is 1. The molecule has 0 saturated carbocycles. The normalized spacial score (nSPS) is 10.6. The molecular weight excluding hydrogens is 340 g/mol. The third kappa shape index (κ3) is 3.46. The van der Waals surface area contributed by atoms with E-state index < -0.39 is 0 Å². The SMILES string of the molecule is COc1nc(-c2ccccc2)ccc1C(=O)Nc1ccc2cccnc2n1. The fourth-order valence-electron chi connectivity index (χ4n) is 2.74. The number of aromatic nitrogens is 3. The molecule has 1 amide bonds. The van der Waals surface area contributed by atoms with Gasteiger partial charge >= 0.3 is 0 Å². The number of carbonyl (C=O) groups is 1. The first-order chi connectivity index (χ1) is 13.2. The van der Waals surface area contributed by atoms with Crippen LogP contribution in [-0.2, 0) is 0 Å². The molecule has 0 bridgehead atoms. The molecule has 0 unspecified atom stereocenters. The predicted octanol–water partition coefficient (Wildman–Crippen LogP) is 3.95. The van der Waals surface area contributed by atoms with Gasteiger partial charge in [0, 0.05) is 17.1 Å². The summed E-state index contributed by atoms with van der Waals surface area (Å²) >= 11 is 0. The Kier molecular flexibility index (Phi) is 4.45. The van der Waals surface area contributed by atoms with Crippen LogP contribution in [0.3, 0.4) is 0 Å². The van der Waals surface area contributed by atoms with Gasteiger partial charge in [-0.25, -0.2) is 15.0 Å². The molecule has 132 valence electrons. The summed E-state index contributed by atoms with van der Waals surface area (Å²) < 4.78 is 5.33. The van der Waals surface area contributed by atoms with Crippen LogP contribution in [0, 0.1) is 0 Å². The third-order valence-corrected chi connectivity index (χ3v) is 4.07. The molecule has 27 heavy (non-hydrogen) atoms. The Morgan fingerprint density at radius 1 is 0.926 bits per heavy atom. The molecule has 6 heteroatoms. The van der Waals surface area contributed by atoms with Gasteiger partial charge in [0.2, 0.25) is 5.88 Å². The summed E-state index contributed by atoms with van der Waals surface area (Å²) in [6.07, 6.45) is 1.66. The molecule has 0 radical (unpaired) electrons. The van der Waals surface area contributed by atoms with Gasteiger partial charge in [-0.05, 0) is 36.4 Å². The Hall–Kier alpha value is -3.80. The van der Waals surface area contributed by atoms with Crippen molar-refractivity contribution in [1.82, 2.24) is 15.0 Å². The van der Waals surface area contributed by atoms with Crippen LogP contribution in [0.15, 0.2) is 72.9 Å². The minimum absolute atomic E-state index is 0.257. The summed E-state index contributed by atoms with van der Waals surface area (Å²) in [5.74, 6) is 0.329. The van der Waals surface area contributed by atoms with E-state index in [1.165, 1.54) is 7.11 Å². The minimum atomic E-state index is -0.346. The Bertz CT molecular complexity index is 1110. The Labute approximate surface area is 155 Å². The number of methoxy groups -OCH3 is 1. The molecule has 0 fully saturated rings. The standard InChI is InChI=1S/C21H16N4O2/c1-27-21-16(10-11-17(23-21)14-6-3-2-4-7-14)20(26)25-18-12-9-15-8-5-13-22-19(15)24-18/h2-13H,1H3,(H,22,24,25,26). The second-order valence-electron chi connectivity index (χ2n) is 5.82. The molecule has 6 nitrogen and oxygen atoms in total. The number of hydrogen-bond acceptors (Lipinski definition) is 5. The average molecular weight is 356 g/mol. The van der Waals surface area contributed by atoms with Crippen molar-refractivity contribution in [1.29, 1.82) is 0 Å². The first-order valence-electron chi connectivity index (χ1n) is 8.38. The van der Waals surface area contributed by atoms with Crippen molar-refractivity contribution >= 4 is 22.8 Å². The van der Waals surface area contributed by atoms with Crippen LogP contribution >= 0.6 is 0 Å². The smallest absolute Gasteiger partial charge is 0.262 e. The van der Waals surface area contributed by atoms with Crippen molar-refractivity contribution in [2.75, 3.05) is 12.4 Å². The van der Waals surface area contributed by atoms with Crippen molar-refractivity contribution in [2.45, 2.75) is 0 Å². The molecule has 4 rings (SSSR count). The molecule has 3 heterocycles. The lowest BCUT2D eigenvalue weighted by Crippen LogP contribution is -2.15. The van der Waals surface area contributed by atoms with E-state index in [1.54, 1.807) is 24.4 Å². The fourth-order valence-corrected chi connectivity index (χ4v) is 2.74. The van der Waals surface area contributed by atoms with E-state index in [4.69, 9.17) is 4.74 Å². The highest BCUT2D eigenvalue weighted by Gasteiger charge is 2.16. The van der Waals surface area contributed by atoms with Gasteiger partial charge in [-0.15, -0.1) is 0 Å². The molecule has 3 aromatic heterocycles. The van der Waals surface area contributed by atoms with Crippen LogP contribution in [-0.4, -0.2) is 28.0 Å². The number of amides is 1. The summed E-state index contributed by atoms with van der Waals surface area (Å²) in [4.78, 5) is 25.7. The van der Waals surface area contributed by atoms with Crippen LogP contribution in [0.4, 0.5) is 5.82 Å². The molecule has 0 saturated heterocycles. The van der Waals surface area contributed by atoms with Crippen LogP contribution in [0.1, 0.15) is 10.4 Å². The molecular formula is C21H16N4O2. The molecule has 0 aliphatic heterocycles. The number of rotatable bonds is 4. The summed E-state index contributed by atoms with van der Waals surface area (Å²) in [5.41, 5.74) is 2.59. The highest BCUT2D eigenvalue weighted by Crippen LogP contribution is 2.24. The number of carbonyl (C=O) groups excluding carboxylic acids is 1. The number of pyridine rings is 3. The van der Waals surface area contributed by atoms with Crippen molar-refractivity contribution in [3.05, 3.63) is 78.5 Å². The molecule has 0 spiro atoms. The first kappa shape index (κ1) is 16.7. The lowest BCUT2D eigenvalue weighted by atomic mass is 10.1. The molecule has 1 N–H and O–H groups in total. The topological polar surface area (TPSA) is 77.0 Å². The summed E-state index contributed by atoms with van der Waals surface area (Å²) in [6, 6.07) is 20.6. The van der Waals surface area contributed by atoms with Crippen molar-refractivity contribution < 1.29 is 9.53 Å². The van der Waals surface area contributed by atoms with Crippen LogP contribution in [0.2, 0.25) is 0 Å². The zero-order valence-corrected chi connectivity index (χ0v) is 14.6. The van der Waals surface area contributed by atoms with Crippen LogP contribution in [0.25, 0.3) is 22.3 Å². The van der Waals surface area contributed by atoms with E-state index in [0.29, 0.717) is 17.0 Å². The second kappa shape index (κ2) is 7.21. The third-order valence-electron chi connectivity index (χ3n) is 4.07. The highest BCUT2D eigenvalue weighted by atomic mass is 16.5. The lowest BCUT2D eigenvalue weighted by molar-refractivity contribution is 0.102. The van der Waals surface area contributed by atoms with E-state index in [-0.39, 0.29) is 11.8 Å². The quantitative estimate of drug-likeness (QED) is 0.599. The van der Waals surface area contributed by atoms with E-state index in [0.717, 1.165) is 16.6 Å². The Morgan fingerprint density at radius 3 is 2.59 bits per heavy atom. The van der Waals surface area contributed by atoms with E-state index >= 15 is 0 Å². The maximum Gasteiger partial charge on any atom is 0.262 e. The van der Waals surface area contributed by atoms with Gasteiger partial charge in [-0.3, -0.25) is 4.79 Å². The van der Waals surface area contributed by atoms with E-state index in [9.17, 15) is 4.79 Å². The summed E-state index contributed by atoms with van der Waals surface area (Å²) in [6.45, 7) is 0. The Morgan fingerprint density at radius 2 is 1.78 bits per heavy atom. The van der Waals surface area contributed by atoms with Crippen molar-refractivity contribution in [2.24, 2.45) is 0 Å². The number of benzene rings is 1. The summed E-state index contributed by atoms with van der Waals surface area (Å²) in [7, 11) is 1.49. The van der Waals surface area contributed by atoms with Crippen LogP contribution in [0.5, 0.6) is 5.88 Å². The number of fused-ring (bicyclic) bond motifs is 1. The van der Waals surface area contributed by atoms with E-state index in [1.807, 2.05) is 48.5 Å². The zero-order chi connectivity index (χ0) is 18.6. The molecule has 0 atom stereocenters. The van der Waals surface area contributed by atoms with Gasteiger partial charge in [0.05, 0.1) is 12.8 Å². The number of ether oxygens (including phenoxy) is 1. The molecule has 0 aliphatic carbocycles. The highest BCUT2D eigenvalue weighted by molar-refractivity contribution is 6.05. The fraction of sp³-hybridized carbons (Fsp3) is 0.0476. The number of hydrogen-bond donors (Lipinski definition) is 1. The molecule has 0 aliphatic rings. The number of nitrogens with one attached hydrogen (secondary N) is 1. The second-order valence-corrected chi connectivity index (χ2v) is 5.82. The van der Waals surface area contributed by atoms with Gasteiger partial charge in [-0.2, -0.15) is 0 Å². The average Bonchev–Trinajstić information content (AvgIpc) is 2.73. The van der Waals surface area contributed by atoms with Crippen LogP contribution < -0.4 is 10.1 Å². The van der Waals surface area contributed by atoms with Gasteiger partial charge < -0.3 is 10.1 Å². The molecule has 4 aromatic rings. The van der Waals surface area contributed by atoms with Gasteiger partial charge in [0.15, 0.2) is 5.65 Å². The minimum Gasteiger partial charge on any atom is -0.480 e.